The summed E-state index contributed by atoms with van der Waals surface area (Å²) in [5.74, 6) is 0.424. The van der Waals surface area contributed by atoms with E-state index in [1.807, 2.05) is 30.1 Å². The van der Waals surface area contributed by atoms with Gasteiger partial charge in [-0.2, -0.15) is 0 Å². The van der Waals surface area contributed by atoms with Gasteiger partial charge in [0.05, 0.1) is 0 Å². The van der Waals surface area contributed by atoms with Crippen molar-refractivity contribution in [3.8, 4) is 0 Å². The number of rotatable bonds is 4. The maximum atomic E-state index is 12.9. The van der Waals surface area contributed by atoms with E-state index in [4.69, 9.17) is 4.74 Å². The molecule has 1 N–H and O–H groups in total. The Morgan fingerprint density at radius 2 is 1.96 bits per heavy atom. The number of benzene rings is 1. The highest BCUT2D eigenvalue weighted by Crippen LogP contribution is 2.28. The molecule has 5 nitrogen and oxygen atoms in total. The summed E-state index contributed by atoms with van der Waals surface area (Å²) < 4.78 is 5.41. The lowest BCUT2D eigenvalue weighted by molar-refractivity contribution is -0.124. The molecule has 0 radical (unpaired) electrons. The van der Waals surface area contributed by atoms with Gasteiger partial charge in [-0.15, -0.1) is 0 Å². The predicted molar refractivity (Wildman–Crippen MR) is 97.6 cm³/mol. The molecule has 2 aliphatic rings. The van der Waals surface area contributed by atoms with Crippen LogP contribution in [0.4, 0.5) is 5.69 Å². The van der Waals surface area contributed by atoms with E-state index in [0.717, 1.165) is 19.3 Å². The Bertz CT molecular complexity index is 625. The summed E-state index contributed by atoms with van der Waals surface area (Å²) in [6.07, 6.45) is 5.99. The Balaban J connectivity index is 1.67. The summed E-state index contributed by atoms with van der Waals surface area (Å²) in [5.41, 5.74) is 1.27. The van der Waals surface area contributed by atoms with Crippen molar-refractivity contribution in [1.82, 2.24) is 4.90 Å². The molecule has 1 aromatic rings. The molecule has 1 heterocycles. The lowest BCUT2D eigenvalue weighted by atomic mass is 9.85. The van der Waals surface area contributed by atoms with Crippen LogP contribution in [0.15, 0.2) is 24.3 Å². The minimum Gasteiger partial charge on any atom is -0.368 e. The van der Waals surface area contributed by atoms with E-state index in [-0.39, 0.29) is 17.9 Å². The Morgan fingerprint density at radius 3 is 2.68 bits per heavy atom. The zero-order chi connectivity index (χ0) is 17.8. The third-order valence-electron chi connectivity index (χ3n) is 5.48. The van der Waals surface area contributed by atoms with Crippen LogP contribution < -0.4 is 5.32 Å². The maximum Gasteiger partial charge on any atom is 0.253 e. The van der Waals surface area contributed by atoms with E-state index < -0.39 is 0 Å². The molecule has 2 amide bonds. The monoisotopic (exact) mass is 344 g/mol. The van der Waals surface area contributed by atoms with Crippen molar-refractivity contribution in [2.45, 2.75) is 57.6 Å². The predicted octanol–water partition coefficient (Wildman–Crippen LogP) is 3.45. The van der Waals surface area contributed by atoms with E-state index in [1.165, 1.54) is 19.3 Å². The molecular formula is C20H28N2O3. The van der Waals surface area contributed by atoms with Gasteiger partial charge in [0, 0.05) is 30.9 Å². The van der Waals surface area contributed by atoms with Crippen LogP contribution in [-0.4, -0.2) is 42.5 Å². The Hall–Kier alpha value is -1.88. The largest absolute Gasteiger partial charge is 0.368 e. The quantitative estimate of drug-likeness (QED) is 0.910. The van der Waals surface area contributed by atoms with Gasteiger partial charge in [0.2, 0.25) is 0 Å². The van der Waals surface area contributed by atoms with Crippen molar-refractivity contribution >= 4 is 17.5 Å². The number of amides is 2. The zero-order valence-corrected chi connectivity index (χ0v) is 15.2. The summed E-state index contributed by atoms with van der Waals surface area (Å²) in [5, 5.41) is 2.87. The molecule has 0 spiro atoms. The second-order valence-electron chi connectivity index (χ2n) is 7.32. The zero-order valence-electron chi connectivity index (χ0n) is 15.2. The van der Waals surface area contributed by atoms with Crippen LogP contribution in [0.2, 0.25) is 0 Å². The molecule has 1 aromatic carbocycles. The lowest BCUT2D eigenvalue weighted by Gasteiger charge is -2.36. The number of nitrogens with one attached hydrogen (secondary N) is 1. The number of hydrogen-bond donors (Lipinski definition) is 1. The Morgan fingerprint density at radius 1 is 1.16 bits per heavy atom. The standard InChI is InChI=1S/C20H28N2O3/c1-14-7-3-4-10-17(14)22(2)20(24)15-8-5-9-16(13-15)21-19(23)18-11-6-12-25-18/h5,8-9,13-14,17-18H,3-4,6-7,10-12H2,1-2H3,(H,21,23). The van der Waals surface area contributed by atoms with E-state index in [0.29, 0.717) is 29.8 Å². The third-order valence-corrected chi connectivity index (χ3v) is 5.48. The number of nitrogens with zero attached hydrogens (tertiary/aromatic N) is 1. The molecule has 2 fully saturated rings. The number of ether oxygens (including phenoxy) is 1. The van der Waals surface area contributed by atoms with Crippen LogP contribution in [0, 0.1) is 5.92 Å². The van der Waals surface area contributed by atoms with Gasteiger partial charge < -0.3 is 15.0 Å². The highest BCUT2D eigenvalue weighted by atomic mass is 16.5. The molecule has 136 valence electrons. The van der Waals surface area contributed by atoms with Gasteiger partial charge in [-0.3, -0.25) is 9.59 Å². The maximum absolute atomic E-state index is 12.9. The average Bonchev–Trinajstić information content (AvgIpc) is 3.16. The van der Waals surface area contributed by atoms with Crippen molar-refractivity contribution < 1.29 is 14.3 Å². The fraction of sp³-hybridized carbons (Fsp3) is 0.600. The Kier molecular flexibility index (Phi) is 5.74. The fourth-order valence-corrected chi connectivity index (χ4v) is 3.96. The van der Waals surface area contributed by atoms with E-state index in [2.05, 4.69) is 12.2 Å². The van der Waals surface area contributed by atoms with Crippen molar-refractivity contribution in [3.05, 3.63) is 29.8 Å². The van der Waals surface area contributed by atoms with Crippen LogP contribution in [0.1, 0.15) is 55.8 Å². The average molecular weight is 344 g/mol. The topological polar surface area (TPSA) is 58.6 Å². The van der Waals surface area contributed by atoms with Gasteiger partial charge in [-0.05, 0) is 49.8 Å². The third kappa shape index (κ3) is 4.21. The molecule has 3 atom stereocenters. The highest BCUT2D eigenvalue weighted by Gasteiger charge is 2.28. The highest BCUT2D eigenvalue weighted by molar-refractivity contribution is 5.98. The van der Waals surface area contributed by atoms with Crippen LogP contribution in [0.25, 0.3) is 0 Å². The van der Waals surface area contributed by atoms with Crippen LogP contribution in [0.5, 0.6) is 0 Å². The van der Waals surface area contributed by atoms with Gasteiger partial charge in [0.15, 0.2) is 0 Å². The second-order valence-corrected chi connectivity index (χ2v) is 7.32. The van der Waals surface area contributed by atoms with Crippen LogP contribution in [-0.2, 0) is 9.53 Å². The van der Waals surface area contributed by atoms with Crippen molar-refractivity contribution in [1.29, 1.82) is 0 Å². The number of carbonyl (C=O) groups excluding carboxylic acids is 2. The van der Waals surface area contributed by atoms with E-state index >= 15 is 0 Å². The van der Waals surface area contributed by atoms with E-state index in [1.54, 1.807) is 6.07 Å². The minimum atomic E-state index is -0.370. The molecule has 1 aliphatic heterocycles. The van der Waals surface area contributed by atoms with Gasteiger partial charge in [-0.25, -0.2) is 0 Å². The first kappa shape index (κ1) is 17.9. The molecule has 0 aromatic heterocycles. The van der Waals surface area contributed by atoms with Crippen molar-refractivity contribution in [2.24, 2.45) is 5.92 Å². The van der Waals surface area contributed by atoms with Gasteiger partial charge >= 0.3 is 0 Å². The number of hydrogen-bond acceptors (Lipinski definition) is 3. The molecule has 3 rings (SSSR count). The molecule has 5 heteroatoms. The first-order valence-corrected chi connectivity index (χ1v) is 9.36. The molecule has 25 heavy (non-hydrogen) atoms. The van der Waals surface area contributed by atoms with Gasteiger partial charge in [0.25, 0.3) is 11.8 Å². The summed E-state index contributed by atoms with van der Waals surface area (Å²) in [6.45, 7) is 2.87. The molecule has 1 saturated carbocycles. The van der Waals surface area contributed by atoms with Crippen LogP contribution in [0.3, 0.4) is 0 Å². The lowest BCUT2D eigenvalue weighted by Crippen LogP contribution is -2.42. The van der Waals surface area contributed by atoms with E-state index in [9.17, 15) is 9.59 Å². The normalized spacial score (nSPS) is 26.2. The number of carbonyl (C=O) groups is 2. The van der Waals surface area contributed by atoms with Gasteiger partial charge in [0.1, 0.15) is 6.10 Å². The SMILES string of the molecule is CC1CCCCC1N(C)C(=O)c1cccc(NC(=O)C2CCCO2)c1. The minimum absolute atomic E-state index is 0.0203. The molecule has 1 saturated heterocycles. The second kappa shape index (κ2) is 8.00. The van der Waals surface area contributed by atoms with Crippen molar-refractivity contribution in [3.63, 3.8) is 0 Å². The van der Waals surface area contributed by atoms with Gasteiger partial charge in [-0.1, -0.05) is 25.8 Å². The molecule has 3 unspecified atom stereocenters. The first-order chi connectivity index (χ1) is 12.1. The summed E-state index contributed by atoms with van der Waals surface area (Å²) in [7, 11) is 1.90. The summed E-state index contributed by atoms with van der Waals surface area (Å²) >= 11 is 0. The summed E-state index contributed by atoms with van der Waals surface area (Å²) in [4.78, 5) is 26.9. The molecule has 0 bridgehead atoms. The fourth-order valence-electron chi connectivity index (χ4n) is 3.96. The number of anilines is 1. The Labute approximate surface area is 149 Å². The summed E-state index contributed by atoms with van der Waals surface area (Å²) in [6, 6.07) is 7.50. The smallest absolute Gasteiger partial charge is 0.253 e. The van der Waals surface area contributed by atoms with Crippen molar-refractivity contribution in [2.75, 3.05) is 19.0 Å². The molecular weight excluding hydrogens is 316 g/mol. The van der Waals surface area contributed by atoms with Crippen LogP contribution >= 0.6 is 0 Å². The first-order valence-electron chi connectivity index (χ1n) is 9.36. The molecule has 1 aliphatic carbocycles.